The van der Waals surface area contributed by atoms with Crippen molar-refractivity contribution < 1.29 is 26.6 Å². The second-order valence-corrected chi connectivity index (χ2v) is 11.2. The summed E-state index contributed by atoms with van der Waals surface area (Å²) < 4.78 is 49.1. The van der Waals surface area contributed by atoms with E-state index in [4.69, 9.17) is 0 Å². The SMILES string of the molecule is CC[C@@H](C(=O)N[C@@H](C)c1ccc(S(C)(=O)=O)cc1)N(c1cccc([N+](=O)[O-])c1)S(C)(=O)=O. The van der Waals surface area contributed by atoms with Gasteiger partial charge in [-0.15, -0.1) is 0 Å². The van der Waals surface area contributed by atoms with Crippen molar-refractivity contribution >= 4 is 37.1 Å². The van der Waals surface area contributed by atoms with Crippen molar-refractivity contribution in [3.05, 3.63) is 64.2 Å². The number of sulfone groups is 1. The van der Waals surface area contributed by atoms with E-state index in [0.717, 1.165) is 22.9 Å². The molecule has 0 saturated carbocycles. The molecule has 0 unspecified atom stereocenters. The highest BCUT2D eigenvalue weighted by Crippen LogP contribution is 2.27. The minimum Gasteiger partial charge on any atom is -0.348 e. The van der Waals surface area contributed by atoms with Crippen molar-refractivity contribution in [1.82, 2.24) is 5.32 Å². The standard InChI is InChI=1S/C20H25N3O7S2/c1-5-19(22(32(4,29)30)16-7-6-8-17(13-16)23(25)26)20(24)21-14(2)15-9-11-18(12-10-15)31(3,27)28/h6-14,19H,5H2,1-4H3,(H,21,24)/t14-,19-/m0/s1. The maximum atomic E-state index is 13.0. The van der Waals surface area contributed by atoms with Crippen LogP contribution in [-0.2, 0) is 24.7 Å². The molecular weight excluding hydrogens is 458 g/mol. The molecule has 0 aliphatic carbocycles. The minimum atomic E-state index is -3.96. The fourth-order valence-corrected chi connectivity index (χ4v) is 5.03. The quantitative estimate of drug-likeness (QED) is 0.426. The third kappa shape index (κ3) is 6.04. The van der Waals surface area contributed by atoms with Crippen LogP contribution in [0.1, 0.15) is 31.9 Å². The molecule has 2 atom stereocenters. The monoisotopic (exact) mass is 483 g/mol. The normalized spacial score (nSPS) is 13.8. The lowest BCUT2D eigenvalue weighted by Gasteiger charge is -2.31. The van der Waals surface area contributed by atoms with Gasteiger partial charge >= 0.3 is 0 Å². The second kappa shape index (κ2) is 9.65. The summed E-state index contributed by atoms with van der Waals surface area (Å²) in [6, 6.07) is 9.36. The maximum absolute atomic E-state index is 13.0. The molecule has 1 amide bonds. The number of nitro benzene ring substituents is 1. The zero-order valence-electron chi connectivity index (χ0n) is 18.0. The number of nitrogens with zero attached hydrogens (tertiary/aromatic N) is 2. The lowest BCUT2D eigenvalue weighted by atomic mass is 10.1. The van der Waals surface area contributed by atoms with Gasteiger partial charge in [-0.3, -0.25) is 19.2 Å². The molecule has 12 heteroatoms. The van der Waals surface area contributed by atoms with E-state index in [9.17, 15) is 31.7 Å². The van der Waals surface area contributed by atoms with E-state index >= 15 is 0 Å². The fourth-order valence-electron chi connectivity index (χ4n) is 3.20. The molecule has 2 aromatic rings. The van der Waals surface area contributed by atoms with Gasteiger partial charge in [0, 0.05) is 18.4 Å². The third-order valence-corrected chi connectivity index (χ3v) is 7.10. The highest BCUT2D eigenvalue weighted by molar-refractivity contribution is 7.92. The number of nitrogens with one attached hydrogen (secondary N) is 1. The highest BCUT2D eigenvalue weighted by Gasteiger charge is 2.33. The topological polar surface area (TPSA) is 144 Å². The molecule has 0 bridgehead atoms. The second-order valence-electron chi connectivity index (χ2n) is 7.33. The number of carbonyl (C=O) groups excluding carboxylic acids is 1. The molecule has 10 nitrogen and oxygen atoms in total. The number of hydrogen-bond donors (Lipinski definition) is 1. The molecule has 2 rings (SSSR count). The van der Waals surface area contributed by atoms with Gasteiger partial charge in [-0.2, -0.15) is 0 Å². The van der Waals surface area contributed by atoms with Crippen LogP contribution in [0.15, 0.2) is 53.4 Å². The molecule has 2 aromatic carbocycles. The van der Waals surface area contributed by atoms with Gasteiger partial charge in [0.2, 0.25) is 15.9 Å². The van der Waals surface area contributed by atoms with Crippen LogP contribution in [0.3, 0.4) is 0 Å². The van der Waals surface area contributed by atoms with Gasteiger partial charge < -0.3 is 5.32 Å². The molecule has 0 aliphatic rings. The summed E-state index contributed by atoms with van der Waals surface area (Å²) in [5, 5.41) is 13.8. The Morgan fingerprint density at radius 2 is 1.69 bits per heavy atom. The summed E-state index contributed by atoms with van der Waals surface area (Å²) in [4.78, 5) is 23.6. The van der Waals surface area contributed by atoms with Gasteiger partial charge in [-0.05, 0) is 37.1 Å². The molecule has 1 N–H and O–H groups in total. The van der Waals surface area contributed by atoms with Crippen molar-refractivity contribution in [3.8, 4) is 0 Å². The summed E-state index contributed by atoms with van der Waals surface area (Å²) in [6.45, 7) is 3.31. The summed E-state index contributed by atoms with van der Waals surface area (Å²) in [5.41, 5.74) is 0.335. The number of anilines is 1. The van der Waals surface area contributed by atoms with Crippen molar-refractivity contribution in [1.29, 1.82) is 0 Å². The van der Waals surface area contributed by atoms with E-state index in [1.807, 2.05) is 0 Å². The van der Waals surface area contributed by atoms with Gasteiger partial charge in [0.15, 0.2) is 9.84 Å². The lowest BCUT2D eigenvalue weighted by Crippen LogP contribution is -2.49. The number of carbonyl (C=O) groups is 1. The van der Waals surface area contributed by atoms with Crippen LogP contribution >= 0.6 is 0 Å². The molecule has 0 aromatic heterocycles. The number of sulfonamides is 1. The first-order valence-electron chi connectivity index (χ1n) is 9.60. The largest absolute Gasteiger partial charge is 0.348 e. The van der Waals surface area contributed by atoms with Crippen molar-refractivity contribution in [2.45, 2.75) is 37.2 Å². The molecule has 0 spiro atoms. The Hall–Kier alpha value is -2.99. The van der Waals surface area contributed by atoms with Crippen LogP contribution in [-0.4, -0.2) is 46.2 Å². The molecule has 0 fully saturated rings. The molecule has 0 saturated heterocycles. The third-order valence-electron chi connectivity index (χ3n) is 4.79. The smallest absolute Gasteiger partial charge is 0.271 e. The summed E-state index contributed by atoms with van der Waals surface area (Å²) in [7, 11) is -7.32. The zero-order chi connectivity index (χ0) is 24.3. The summed E-state index contributed by atoms with van der Waals surface area (Å²) in [5.74, 6) is -0.593. The average molecular weight is 484 g/mol. The first kappa shape index (κ1) is 25.3. The van der Waals surface area contributed by atoms with E-state index in [0.29, 0.717) is 5.56 Å². The molecule has 32 heavy (non-hydrogen) atoms. The van der Waals surface area contributed by atoms with Crippen molar-refractivity contribution in [3.63, 3.8) is 0 Å². The van der Waals surface area contributed by atoms with E-state index in [2.05, 4.69) is 5.32 Å². The Morgan fingerprint density at radius 1 is 1.09 bits per heavy atom. The van der Waals surface area contributed by atoms with Gasteiger partial charge in [0.25, 0.3) is 5.69 Å². The van der Waals surface area contributed by atoms with Crippen LogP contribution in [0.4, 0.5) is 11.4 Å². The Kier molecular flexibility index (Phi) is 7.62. The van der Waals surface area contributed by atoms with Gasteiger partial charge in [-0.25, -0.2) is 16.8 Å². The van der Waals surface area contributed by atoms with Gasteiger partial charge in [0.05, 0.1) is 27.8 Å². The number of rotatable bonds is 9. The molecule has 0 radical (unpaired) electrons. The van der Waals surface area contributed by atoms with Crippen LogP contribution in [0.5, 0.6) is 0 Å². The van der Waals surface area contributed by atoms with E-state index in [1.54, 1.807) is 26.0 Å². The highest BCUT2D eigenvalue weighted by atomic mass is 32.2. The molecule has 0 heterocycles. The maximum Gasteiger partial charge on any atom is 0.271 e. The number of benzene rings is 2. The Bertz CT molecular complexity index is 1210. The first-order valence-corrected chi connectivity index (χ1v) is 13.3. The molecule has 0 aliphatic heterocycles. The van der Waals surface area contributed by atoms with Crippen molar-refractivity contribution in [2.75, 3.05) is 16.8 Å². The first-order chi connectivity index (χ1) is 14.8. The molecule has 174 valence electrons. The van der Waals surface area contributed by atoms with E-state index in [1.165, 1.54) is 30.3 Å². The zero-order valence-corrected chi connectivity index (χ0v) is 19.7. The van der Waals surface area contributed by atoms with Crippen molar-refractivity contribution in [2.24, 2.45) is 0 Å². The average Bonchev–Trinajstić information content (AvgIpc) is 2.70. The van der Waals surface area contributed by atoms with E-state index < -0.39 is 42.8 Å². The van der Waals surface area contributed by atoms with Crippen LogP contribution in [0.2, 0.25) is 0 Å². The van der Waals surface area contributed by atoms with E-state index in [-0.39, 0.29) is 22.7 Å². The number of amides is 1. The van der Waals surface area contributed by atoms with Crippen LogP contribution in [0.25, 0.3) is 0 Å². The van der Waals surface area contributed by atoms with Crippen LogP contribution < -0.4 is 9.62 Å². The Morgan fingerprint density at radius 3 is 2.16 bits per heavy atom. The van der Waals surface area contributed by atoms with Gasteiger partial charge in [-0.1, -0.05) is 25.1 Å². The summed E-state index contributed by atoms with van der Waals surface area (Å²) in [6.07, 6.45) is 2.13. The number of hydrogen-bond acceptors (Lipinski definition) is 7. The van der Waals surface area contributed by atoms with Crippen LogP contribution in [0, 0.1) is 10.1 Å². The van der Waals surface area contributed by atoms with Gasteiger partial charge in [0.1, 0.15) is 6.04 Å². The number of non-ortho nitro benzene ring substituents is 1. The predicted molar refractivity (Wildman–Crippen MR) is 121 cm³/mol. The summed E-state index contributed by atoms with van der Waals surface area (Å²) >= 11 is 0. The number of nitro groups is 1. The minimum absolute atomic E-state index is 0.00820. The fraction of sp³-hybridized carbons (Fsp3) is 0.350. The molecular formula is C20H25N3O7S2. The Labute approximate surface area is 187 Å². The lowest BCUT2D eigenvalue weighted by molar-refractivity contribution is -0.384. The predicted octanol–water partition coefficient (Wildman–Crippen LogP) is 2.42. The Balaban J connectivity index is 2.34.